The lowest BCUT2D eigenvalue weighted by molar-refractivity contribution is 0.0604. The minimum atomic E-state index is -3.81. The summed E-state index contributed by atoms with van der Waals surface area (Å²) in [4.78, 5) is 12.3. The molecule has 0 radical (unpaired) electrons. The number of nitrogens with zero attached hydrogens (tertiary/aromatic N) is 2. The van der Waals surface area contributed by atoms with E-state index < -0.39 is 27.6 Å². The summed E-state index contributed by atoms with van der Waals surface area (Å²) in [6.45, 7) is -0.297. The minimum absolute atomic E-state index is 0.0291. The van der Waals surface area contributed by atoms with Crippen LogP contribution in [0, 0.1) is 5.82 Å². The lowest BCUT2D eigenvalue weighted by Gasteiger charge is -2.09. The number of halogens is 1. The fraction of sp³-hybridized carbons (Fsp3) is 0.222. The minimum Gasteiger partial charge on any atom is -0.506 e. The van der Waals surface area contributed by atoms with Gasteiger partial charge in [-0.05, 0) is 30.7 Å². The van der Waals surface area contributed by atoms with Crippen molar-refractivity contribution < 1.29 is 32.6 Å². The molecule has 0 fully saturated rings. The van der Waals surface area contributed by atoms with E-state index in [1.54, 1.807) is 0 Å². The lowest BCUT2D eigenvalue weighted by Crippen LogP contribution is -2.18. The predicted octanol–water partition coefficient (Wildman–Crippen LogP) is 1.76. The first-order valence-electron chi connectivity index (χ1n) is 8.46. The number of aliphatic hydroxyl groups excluding tert-OH is 1. The van der Waals surface area contributed by atoms with Gasteiger partial charge >= 0.3 is 5.97 Å². The molecule has 11 heteroatoms. The van der Waals surface area contributed by atoms with E-state index in [2.05, 4.69) is 9.82 Å². The highest BCUT2D eigenvalue weighted by atomic mass is 32.2. The lowest BCUT2D eigenvalue weighted by atomic mass is 10.1. The van der Waals surface area contributed by atoms with E-state index in [0.29, 0.717) is 5.56 Å². The molecule has 3 N–H and O–H groups in total. The van der Waals surface area contributed by atoms with E-state index in [9.17, 15) is 22.7 Å². The first kappa shape index (κ1) is 20.6. The highest BCUT2D eigenvalue weighted by Gasteiger charge is 2.24. The van der Waals surface area contributed by atoms with Gasteiger partial charge in [0.1, 0.15) is 28.5 Å². The van der Waals surface area contributed by atoms with E-state index in [-0.39, 0.29) is 41.2 Å². The molecule has 0 unspecified atom stereocenters. The van der Waals surface area contributed by atoms with E-state index in [4.69, 9.17) is 9.84 Å². The third-order valence-electron chi connectivity index (χ3n) is 4.09. The summed E-state index contributed by atoms with van der Waals surface area (Å²) >= 11 is 0. The number of anilines is 1. The molecule has 29 heavy (non-hydrogen) atoms. The molecule has 0 saturated heterocycles. The molecule has 0 bridgehead atoms. The Balaban J connectivity index is 2.14. The number of carbonyl (C=O) groups excluding carboxylic acids is 1. The van der Waals surface area contributed by atoms with Crippen LogP contribution in [-0.2, 0) is 14.8 Å². The van der Waals surface area contributed by atoms with Gasteiger partial charge in [-0.2, -0.15) is 5.10 Å². The number of benzene rings is 1. The Labute approximate surface area is 165 Å². The van der Waals surface area contributed by atoms with Crippen molar-refractivity contribution in [3.63, 3.8) is 0 Å². The number of pyridine rings is 1. The van der Waals surface area contributed by atoms with Gasteiger partial charge in [-0.15, -0.1) is 0 Å². The normalized spacial score (nSPS) is 11.6. The predicted molar refractivity (Wildman–Crippen MR) is 103 cm³/mol. The summed E-state index contributed by atoms with van der Waals surface area (Å²) < 4.78 is 45.6. The van der Waals surface area contributed by atoms with Gasteiger partial charge in [0.25, 0.3) is 0 Å². The van der Waals surface area contributed by atoms with Gasteiger partial charge in [0.2, 0.25) is 10.0 Å². The summed E-state index contributed by atoms with van der Waals surface area (Å²) in [5.41, 5.74) is 0.660. The maximum absolute atomic E-state index is 13.3. The van der Waals surface area contributed by atoms with Crippen LogP contribution in [0.25, 0.3) is 16.8 Å². The van der Waals surface area contributed by atoms with Gasteiger partial charge in [0.05, 0.1) is 24.6 Å². The Kier molecular flexibility index (Phi) is 5.71. The molecule has 3 aromatic rings. The zero-order valence-electron chi connectivity index (χ0n) is 15.3. The number of aliphatic hydroxyl groups is 1. The van der Waals surface area contributed by atoms with Crippen LogP contribution in [0.15, 0.2) is 36.5 Å². The van der Waals surface area contributed by atoms with E-state index in [1.807, 2.05) is 0 Å². The zero-order valence-corrected chi connectivity index (χ0v) is 16.1. The summed E-state index contributed by atoms with van der Waals surface area (Å²) in [6, 6.07) is 6.46. The second-order valence-electron chi connectivity index (χ2n) is 6.12. The third kappa shape index (κ3) is 4.30. The first-order valence-corrected chi connectivity index (χ1v) is 10.1. The molecular weight excluding hydrogens is 405 g/mol. The molecular formula is C18H18FN3O6S. The molecule has 0 saturated carbocycles. The van der Waals surface area contributed by atoms with Gasteiger partial charge in [0.15, 0.2) is 0 Å². The van der Waals surface area contributed by atoms with Crippen LogP contribution in [0.3, 0.4) is 0 Å². The zero-order chi connectivity index (χ0) is 21.2. The number of ether oxygens (including phenoxy) is 1. The smallest absolute Gasteiger partial charge is 0.342 e. The van der Waals surface area contributed by atoms with Crippen molar-refractivity contribution in [1.82, 2.24) is 9.61 Å². The van der Waals surface area contributed by atoms with Crippen LogP contribution >= 0.6 is 0 Å². The average molecular weight is 423 g/mol. The molecule has 0 aliphatic heterocycles. The summed E-state index contributed by atoms with van der Waals surface area (Å²) in [6.07, 6.45) is 1.24. The molecule has 0 atom stereocenters. The van der Waals surface area contributed by atoms with Crippen LogP contribution < -0.4 is 4.72 Å². The van der Waals surface area contributed by atoms with Crippen molar-refractivity contribution in [3.05, 3.63) is 47.9 Å². The highest BCUT2D eigenvalue weighted by molar-refractivity contribution is 7.92. The molecule has 1 aromatic carbocycles. The van der Waals surface area contributed by atoms with Crippen molar-refractivity contribution in [2.75, 3.05) is 24.2 Å². The molecule has 0 aliphatic carbocycles. The summed E-state index contributed by atoms with van der Waals surface area (Å²) in [5.74, 6) is -1.96. The number of nitrogens with one attached hydrogen (secondary N) is 1. The SMILES string of the molecule is COC(=O)c1c(-c2ccc(F)cc2)nn2cc(NS(=O)(=O)CCCO)c(O)cc12. The molecule has 2 heterocycles. The number of esters is 1. The van der Waals surface area contributed by atoms with E-state index >= 15 is 0 Å². The van der Waals surface area contributed by atoms with Crippen molar-refractivity contribution >= 4 is 27.2 Å². The maximum atomic E-state index is 13.3. The molecule has 9 nitrogen and oxygen atoms in total. The number of rotatable bonds is 7. The molecule has 0 spiro atoms. The van der Waals surface area contributed by atoms with Crippen LogP contribution in [0.4, 0.5) is 10.1 Å². The summed E-state index contributed by atoms with van der Waals surface area (Å²) in [7, 11) is -2.63. The largest absolute Gasteiger partial charge is 0.506 e. The van der Waals surface area contributed by atoms with E-state index in [0.717, 1.165) is 0 Å². The van der Waals surface area contributed by atoms with Gasteiger partial charge in [-0.25, -0.2) is 22.1 Å². The standard InChI is InChI=1S/C18H18FN3O6S/c1-28-18(25)16-14-9-15(24)13(21-29(26,27)8-2-7-23)10-22(14)20-17(16)11-3-5-12(19)6-4-11/h3-6,9-10,21,23-24H,2,7-8H2,1H3. The van der Waals surface area contributed by atoms with Crippen molar-refractivity contribution in [2.24, 2.45) is 0 Å². The quantitative estimate of drug-likeness (QED) is 0.494. The number of carbonyl (C=O) groups is 1. The Morgan fingerprint density at radius 2 is 2.00 bits per heavy atom. The Morgan fingerprint density at radius 1 is 1.31 bits per heavy atom. The highest BCUT2D eigenvalue weighted by Crippen LogP contribution is 2.32. The fourth-order valence-corrected chi connectivity index (χ4v) is 3.85. The number of aromatic nitrogens is 2. The number of hydrogen-bond acceptors (Lipinski definition) is 7. The molecule has 154 valence electrons. The van der Waals surface area contributed by atoms with Gasteiger partial charge in [-0.3, -0.25) is 4.72 Å². The van der Waals surface area contributed by atoms with Gasteiger partial charge in [-0.1, -0.05) is 0 Å². The van der Waals surface area contributed by atoms with E-state index in [1.165, 1.54) is 48.2 Å². The van der Waals surface area contributed by atoms with Crippen LogP contribution in [0.1, 0.15) is 16.8 Å². The van der Waals surface area contributed by atoms with Gasteiger partial charge < -0.3 is 14.9 Å². The third-order valence-corrected chi connectivity index (χ3v) is 5.45. The number of aromatic hydroxyl groups is 1. The molecule has 0 amide bonds. The number of hydrogen-bond donors (Lipinski definition) is 3. The first-order chi connectivity index (χ1) is 13.8. The van der Waals surface area contributed by atoms with Crippen LogP contribution in [0.5, 0.6) is 5.75 Å². The second kappa shape index (κ2) is 8.05. The topological polar surface area (TPSA) is 130 Å². The Hall–Kier alpha value is -3.18. The number of sulfonamides is 1. The van der Waals surface area contributed by atoms with Crippen LogP contribution in [-0.4, -0.2) is 53.7 Å². The number of methoxy groups -OCH3 is 1. The van der Waals surface area contributed by atoms with Crippen molar-refractivity contribution in [2.45, 2.75) is 6.42 Å². The van der Waals surface area contributed by atoms with Crippen molar-refractivity contribution in [1.29, 1.82) is 0 Å². The molecule has 2 aromatic heterocycles. The maximum Gasteiger partial charge on any atom is 0.342 e. The van der Waals surface area contributed by atoms with Crippen molar-refractivity contribution in [3.8, 4) is 17.0 Å². The van der Waals surface area contributed by atoms with Crippen LogP contribution in [0.2, 0.25) is 0 Å². The molecule has 3 rings (SSSR count). The Bertz CT molecular complexity index is 1160. The summed E-state index contributed by atoms with van der Waals surface area (Å²) in [5, 5.41) is 23.4. The van der Waals surface area contributed by atoms with Gasteiger partial charge in [0, 0.05) is 18.2 Å². The average Bonchev–Trinajstić information content (AvgIpc) is 3.04. The monoisotopic (exact) mass is 423 g/mol. The Morgan fingerprint density at radius 3 is 2.62 bits per heavy atom. The fourth-order valence-electron chi connectivity index (χ4n) is 2.74. The second-order valence-corrected chi connectivity index (χ2v) is 7.96. The molecule has 0 aliphatic rings. The number of fused-ring (bicyclic) bond motifs is 1.